The number of aromatic nitrogens is 3. The predicted octanol–water partition coefficient (Wildman–Crippen LogP) is 1.92. The van der Waals surface area contributed by atoms with Gasteiger partial charge in [0.2, 0.25) is 5.91 Å². The summed E-state index contributed by atoms with van der Waals surface area (Å²) < 4.78 is 1.86. The molecule has 21 heavy (non-hydrogen) atoms. The lowest BCUT2D eigenvalue weighted by Crippen LogP contribution is -2.27. The Kier molecular flexibility index (Phi) is 6.02. The zero-order chi connectivity index (χ0) is 14.9. The molecule has 6 heteroatoms. The molecule has 2 rings (SSSR count). The smallest absolute Gasteiger partial charge is 0.230 e. The molecule has 0 spiro atoms. The van der Waals surface area contributed by atoms with Gasteiger partial charge in [0.15, 0.2) is 5.16 Å². The van der Waals surface area contributed by atoms with Crippen molar-refractivity contribution in [3.63, 3.8) is 0 Å². The largest absolute Gasteiger partial charge is 0.355 e. The maximum atomic E-state index is 11.8. The van der Waals surface area contributed by atoms with E-state index in [0.717, 1.165) is 11.6 Å². The average molecular weight is 302 g/mol. The Bertz CT molecular complexity index is 582. The molecule has 1 aromatic heterocycles. The Morgan fingerprint density at radius 3 is 2.95 bits per heavy atom. The summed E-state index contributed by atoms with van der Waals surface area (Å²) in [6.45, 7) is 4.96. The number of benzene rings is 1. The lowest BCUT2D eigenvalue weighted by molar-refractivity contribution is -0.118. The van der Waals surface area contributed by atoms with Gasteiger partial charge in [0.1, 0.15) is 6.33 Å². The highest BCUT2D eigenvalue weighted by molar-refractivity contribution is 7.99. The zero-order valence-electron chi connectivity index (χ0n) is 11.7. The monoisotopic (exact) mass is 302 g/mol. The molecule has 1 heterocycles. The second-order valence-electron chi connectivity index (χ2n) is 4.43. The van der Waals surface area contributed by atoms with Crippen molar-refractivity contribution in [1.82, 2.24) is 20.1 Å². The molecule has 0 radical (unpaired) electrons. The Morgan fingerprint density at radius 1 is 1.38 bits per heavy atom. The Balaban J connectivity index is 1.70. The molecule has 0 bridgehead atoms. The summed E-state index contributed by atoms with van der Waals surface area (Å²) in [5.41, 5.74) is 1.22. The van der Waals surface area contributed by atoms with Crippen molar-refractivity contribution in [2.24, 2.45) is 0 Å². The fraction of sp³-hybridized carbons (Fsp3) is 0.267. The van der Waals surface area contributed by atoms with Gasteiger partial charge < -0.3 is 9.88 Å². The molecule has 0 aliphatic carbocycles. The van der Waals surface area contributed by atoms with E-state index >= 15 is 0 Å². The van der Waals surface area contributed by atoms with Gasteiger partial charge in [0.05, 0.1) is 5.75 Å². The fourth-order valence-electron chi connectivity index (χ4n) is 1.79. The van der Waals surface area contributed by atoms with Crippen molar-refractivity contribution in [2.75, 3.05) is 12.3 Å². The number of hydrogen-bond donors (Lipinski definition) is 1. The van der Waals surface area contributed by atoms with Gasteiger partial charge in [-0.05, 0) is 12.0 Å². The second-order valence-corrected chi connectivity index (χ2v) is 5.37. The first-order chi connectivity index (χ1) is 10.3. The van der Waals surface area contributed by atoms with Crippen LogP contribution in [0.4, 0.5) is 0 Å². The third kappa shape index (κ3) is 5.07. The van der Waals surface area contributed by atoms with Crippen molar-refractivity contribution < 1.29 is 4.79 Å². The minimum absolute atomic E-state index is 0.00378. The molecule has 0 atom stereocenters. The van der Waals surface area contributed by atoms with Crippen LogP contribution in [-0.4, -0.2) is 33.0 Å². The second kappa shape index (κ2) is 8.26. The van der Waals surface area contributed by atoms with Crippen LogP contribution in [0.2, 0.25) is 0 Å². The summed E-state index contributed by atoms with van der Waals surface area (Å²) in [5, 5.41) is 11.5. The number of thioether (sulfide) groups is 1. The predicted molar refractivity (Wildman–Crippen MR) is 84.1 cm³/mol. The molecular formula is C15H18N4OS. The molecule has 5 nitrogen and oxygen atoms in total. The van der Waals surface area contributed by atoms with E-state index < -0.39 is 0 Å². The third-order valence-corrected chi connectivity index (χ3v) is 3.80. The van der Waals surface area contributed by atoms with Crippen molar-refractivity contribution in [3.8, 4) is 0 Å². The topological polar surface area (TPSA) is 59.8 Å². The van der Waals surface area contributed by atoms with Gasteiger partial charge in [-0.25, -0.2) is 0 Å². The third-order valence-electron chi connectivity index (χ3n) is 2.82. The maximum Gasteiger partial charge on any atom is 0.230 e. The Hall–Kier alpha value is -2.08. The number of allylic oxidation sites excluding steroid dienone is 1. The quantitative estimate of drug-likeness (QED) is 0.598. The molecule has 110 valence electrons. The van der Waals surface area contributed by atoms with E-state index in [4.69, 9.17) is 0 Å². The van der Waals surface area contributed by atoms with E-state index in [-0.39, 0.29) is 5.91 Å². The molecule has 0 saturated heterocycles. The van der Waals surface area contributed by atoms with Crippen LogP contribution in [0, 0.1) is 0 Å². The molecule has 2 aromatic rings. The molecule has 0 unspecified atom stereocenters. The van der Waals surface area contributed by atoms with Crippen molar-refractivity contribution in [2.45, 2.75) is 18.1 Å². The summed E-state index contributed by atoms with van der Waals surface area (Å²) >= 11 is 1.38. The van der Waals surface area contributed by atoms with Gasteiger partial charge in [-0.1, -0.05) is 48.2 Å². The van der Waals surface area contributed by atoms with E-state index in [0.29, 0.717) is 18.8 Å². The van der Waals surface area contributed by atoms with Crippen molar-refractivity contribution in [3.05, 3.63) is 54.9 Å². The van der Waals surface area contributed by atoms with Crippen LogP contribution < -0.4 is 5.32 Å². The van der Waals surface area contributed by atoms with Crippen LogP contribution in [0.3, 0.4) is 0 Å². The molecule has 0 aliphatic rings. The van der Waals surface area contributed by atoms with Crippen LogP contribution in [0.15, 0.2) is 54.5 Å². The highest BCUT2D eigenvalue weighted by Crippen LogP contribution is 2.14. The lowest BCUT2D eigenvalue weighted by Gasteiger charge is -2.05. The van der Waals surface area contributed by atoms with Gasteiger partial charge in [-0.15, -0.1) is 16.8 Å². The van der Waals surface area contributed by atoms with Gasteiger partial charge in [0.25, 0.3) is 0 Å². The molecule has 0 aliphatic heterocycles. The summed E-state index contributed by atoms with van der Waals surface area (Å²) in [7, 11) is 0. The minimum Gasteiger partial charge on any atom is -0.355 e. The van der Waals surface area contributed by atoms with Crippen LogP contribution in [0.1, 0.15) is 5.56 Å². The number of nitrogens with one attached hydrogen (secondary N) is 1. The first-order valence-electron chi connectivity index (χ1n) is 6.71. The number of amides is 1. The molecule has 1 aromatic carbocycles. The van der Waals surface area contributed by atoms with Crippen molar-refractivity contribution >= 4 is 17.7 Å². The number of carbonyl (C=O) groups excluding carboxylic acids is 1. The van der Waals surface area contributed by atoms with E-state index in [1.807, 2.05) is 22.8 Å². The number of rotatable bonds is 8. The van der Waals surface area contributed by atoms with E-state index in [1.54, 1.807) is 12.4 Å². The van der Waals surface area contributed by atoms with Gasteiger partial charge in [-0.3, -0.25) is 4.79 Å². The number of hydrogen-bond acceptors (Lipinski definition) is 4. The van der Waals surface area contributed by atoms with Crippen LogP contribution in [0.5, 0.6) is 0 Å². The van der Waals surface area contributed by atoms with E-state index in [2.05, 4.69) is 34.2 Å². The number of nitrogens with zero attached hydrogens (tertiary/aromatic N) is 3. The molecule has 0 fully saturated rings. The van der Waals surface area contributed by atoms with Crippen LogP contribution in [0.25, 0.3) is 0 Å². The van der Waals surface area contributed by atoms with E-state index in [9.17, 15) is 4.79 Å². The highest BCUT2D eigenvalue weighted by atomic mass is 32.2. The van der Waals surface area contributed by atoms with Gasteiger partial charge in [0, 0.05) is 13.1 Å². The normalized spacial score (nSPS) is 10.3. The van der Waals surface area contributed by atoms with Gasteiger partial charge >= 0.3 is 0 Å². The zero-order valence-corrected chi connectivity index (χ0v) is 12.6. The molecule has 1 amide bonds. The first kappa shape index (κ1) is 15.3. The minimum atomic E-state index is 0.00378. The molecule has 1 N–H and O–H groups in total. The maximum absolute atomic E-state index is 11.8. The summed E-state index contributed by atoms with van der Waals surface area (Å²) in [6.07, 6.45) is 4.24. The highest BCUT2D eigenvalue weighted by Gasteiger charge is 2.07. The van der Waals surface area contributed by atoms with Crippen molar-refractivity contribution in [1.29, 1.82) is 0 Å². The summed E-state index contributed by atoms with van der Waals surface area (Å²) in [5.74, 6) is 0.342. The summed E-state index contributed by atoms with van der Waals surface area (Å²) in [4.78, 5) is 11.8. The standard InChI is InChI=1S/C15H18N4OS/c1-2-10-19-12-17-18-15(19)21-11-14(20)16-9-8-13-6-4-3-5-7-13/h2-7,12H,1,8-11H2,(H,16,20). The van der Waals surface area contributed by atoms with Crippen LogP contribution in [-0.2, 0) is 17.8 Å². The van der Waals surface area contributed by atoms with E-state index in [1.165, 1.54) is 17.3 Å². The Morgan fingerprint density at radius 2 is 2.19 bits per heavy atom. The Labute approximate surface area is 128 Å². The molecule has 0 saturated carbocycles. The van der Waals surface area contributed by atoms with Gasteiger partial charge in [-0.2, -0.15) is 0 Å². The summed E-state index contributed by atoms with van der Waals surface area (Å²) in [6, 6.07) is 10.1. The average Bonchev–Trinajstić information content (AvgIpc) is 2.94. The number of carbonyl (C=O) groups is 1. The SMILES string of the molecule is C=CCn1cnnc1SCC(=O)NCCc1ccccc1. The molecular weight excluding hydrogens is 284 g/mol. The fourth-order valence-corrected chi connectivity index (χ4v) is 2.55. The van der Waals surface area contributed by atoms with Crippen LogP contribution >= 0.6 is 11.8 Å². The first-order valence-corrected chi connectivity index (χ1v) is 7.70. The lowest BCUT2D eigenvalue weighted by atomic mass is 10.1.